The molecular formula is C14H17ClO5. The molecule has 0 aliphatic rings. The van der Waals surface area contributed by atoms with Crippen LogP contribution >= 0.6 is 11.6 Å². The molecule has 0 amide bonds. The minimum atomic E-state index is -0.926. The van der Waals surface area contributed by atoms with E-state index in [0.717, 1.165) is 0 Å². The van der Waals surface area contributed by atoms with Gasteiger partial charge in [0, 0.05) is 12.8 Å². The molecule has 0 heterocycles. The summed E-state index contributed by atoms with van der Waals surface area (Å²) in [7, 11) is 2.88. The predicted octanol–water partition coefficient (Wildman–Crippen LogP) is 3.04. The standard InChI is InChI=1S/C14H17ClO5/c1-8(7-12(17)18)6-10(16)9-4-5-11(19-2)13(15)14(9)20-3/h4-5,8H,6-7H2,1-3H3,(H,17,18). The van der Waals surface area contributed by atoms with Gasteiger partial charge in [-0.1, -0.05) is 18.5 Å². The van der Waals surface area contributed by atoms with E-state index in [1.807, 2.05) is 0 Å². The number of methoxy groups -OCH3 is 2. The molecule has 0 saturated heterocycles. The van der Waals surface area contributed by atoms with E-state index >= 15 is 0 Å². The molecule has 0 fully saturated rings. The largest absolute Gasteiger partial charge is 0.495 e. The Bertz CT molecular complexity index is 513. The minimum Gasteiger partial charge on any atom is -0.495 e. The van der Waals surface area contributed by atoms with E-state index in [9.17, 15) is 9.59 Å². The molecular weight excluding hydrogens is 284 g/mol. The third kappa shape index (κ3) is 3.87. The third-order valence-corrected chi connectivity index (χ3v) is 3.20. The van der Waals surface area contributed by atoms with Crippen molar-refractivity contribution >= 4 is 23.4 Å². The molecule has 1 N–H and O–H groups in total. The first-order valence-electron chi connectivity index (χ1n) is 6.06. The Labute approximate surface area is 122 Å². The van der Waals surface area contributed by atoms with Crippen LogP contribution in [0.1, 0.15) is 30.1 Å². The third-order valence-electron chi connectivity index (χ3n) is 2.84. The molecule has 20 heavy (non-hydrogen) atoms. The van der Waals surface area contributed by atoms with Crippen molar-refractivity contribution in [2.45, 2.75) is 19.8 Å². The number of ether oxygens (including phenoxy) is 2. The van der Waals surface area contributed by atoms with Gasteiger partial charge >= 0.3 is 5.97 Å². The van der Waals surface area contributed by atoms with Gasteiger partial charge < -0.3 is 14.6 Å². The smallest absolute Gasteiger partial charge is 0.303 e. The van der Waals surface area contributed by atoms with Crippen LogP contribution in [0.3, 0.4) is 0 Å². The molecule has 1 atom stereocenters. The number of ketones is 1. The van der Waals surface area contributed by atoms with Gasteiger partial charge in [0.1, 0.15) is 10.8 Å². The van der Waals surface area contributed by atoms with Crippen LogP contribution in [0.15, 0.2) is 12.1 Å². The lowest BCUT2D eigenvalue weighted by molar-refractivity contribution is -0.137. The number of rotatable bonds is 7. The molecule has 1 rings (SSSR count). The summed E-state index contributed by atoms with van der Waals surface area (Å²) in [6, 6.07) is 3.15. The molecule has 1 aromatic carbocycles. The zero-order chi connectivity index (χ0) is 15.3. The molecule has 0 saturated carbocycles. The van der Waals surface area contributed by atoms with Crippen LogP contribution in [0.25, 0.3) is 0 Å². The van der Waals surface area contributed by atoms with Crippen LogP contribution in [-0.2, 0) is 4.79 Å². The van der Waals surface area contributed by atoms with Gasteiger partial charge in [0.25, 0.3) is 0 Å². The van der Waals surface area contributed by atoms with Gasteiger partial charge in [-0.05, 0) is 18.1 Å². The first-order chi connectivity index (χ1) is 9.40. The van der Waals surface area contributed by atoms with Crippen molar-refractivity contribution in [2.24, 2.45) is 5.92 Å². The van der Waals surface area contributed by atoms with E-state index in [4.69, 9.17) is 26.2 Å². The Morgan fingerprint density at radius 2 is 1.90 bits per heavy atom. The second-order valence-electron chi connectivity index (χ2n) is 4.49. The van der Waals surface area contributed by atoms with Crippen molar-refractivity contribution in [1.82, 2.24) is 0 Å². The molecule has 0 radical (unpaired) electrons. The number of hydrogen-bond acceptors (Lipinski definition) is 4. The van der Waals surface area contributed by atoms with Gasteiger partial charge in [0.05, 0.1) is 19.8 Å². The summed E-state index contributed by atoms with van der Waals surface area (Å²) in [5.74, 6) is -0.729. The molecule has 0 spiro atoms. The van der Waals surface area contributed by atoms with Crippen molar-refractivity contribution in [3.05, 3.63) is 22.7 Å². The van der Waals surface area contributed by atoms with Crippen molar-refractivity contribution in [3.8, 4) is 11.5 Å². The number of carboxylic acid groups (broad SMARTS) is 1. The van der Waals surface area contributed by atoms with Gasteiger partial charge in [-0.2, -0.15) is 0 Å². The lowest BCUT2D eigenvalue weighted by atomic mass is 9.96. The van der Waals surface area contributed by atoms with E-state index in [0.29, 0.717) is 11.3 Å². The normalized spacial score (nSPS) is 11.8. The number of carboxylic acids is 1. The molecule has 0 aliphatic heterocycles. The fourth-order valence-electron chi connectivity index (χ4n) is 1.91. The highest BCUT2D eigenvalue weighted by atomic mass is 35.5. The Balaban J connectivity index is 2.98. The molecule has 0 aliphatic carbocycles. The molecule has 1 unspecified atom stereocenters. The molecule has 1 aromatic rings. The van der Waals surface area contributed by atoms with Crippen LogP contribution in [-0.4, -0.2) is 31.1 Å². The molecule has 0 aromatic heterocycles. The summed E-state index contributed by atoms with van der Waals surface area (Å²) in [5.41, 5.74) is 0.329. The summed E-state index contributed by atoms with van der Waals surface area (Å²) < 4.78 is 10.2. The molecule has 110 valence electrons. The van der Waals surface area contributed by atoms with Gasteiger partial charge in [-0.15, -0.1) is 0 Å². The van der Waals surface area contributed by atoms with E-state index in [1.54, 1.807) is 19.1 Å². The van der Waals surface area contributed by atoms with Crippen molar-refractivity contribution < 1.29 is 24.2 Å². The van der Waals surface area contributed by atoms with E-state index in [1.165, 1.54) is 14.2 Å². The zero-order valence-corrected chi connectivity index (χ0v) is 12.4. The summed E-state index contributed by atoms with van der Waals surface area (Å²) in [6.45, 7) is 1.71. The number of benzene rings is 1. The van der Waals surface area contributed by atoms with Gasteiger partial charge in [-0.25, -0.2) is 0 Å². The second-order valence-corrected chi connectivity index (χ2v) is 4.87. The summed E-state index contributed by atoms with van der Waals surface area (Å²) in [4.78, 5) is 22.8. The number of halogens is 1. The first kappa shape index (κ1) is 16.3. The minimum absolute atomic E-state index is 0.0576. The second kappa shape index (κ2) is 7.14. The highest BCUT2D eigenvalue weighted by molar-refractivity contribution is 6.34. The lowest BCUT2D eigenvalue weighted by Gasteiger charge is -2.14. The quantitative estimate of drug-likeness (QED) is 0.784. The van der Waals surface area contributed by atoms with Crippen LogP contribution in [0, 0.1) is 5.92 Å². The summed E-state index contributed by atoms with van der Waals surface area (Å²) in [6.07, 6.45) is 0.0588. The lowest BCUT2D eigenvalue weighted by Crippen LogP contribution is -2.11. The Morgan fingerprint density at radius 1 is 1.25 bits per heavy atom. The topological polar surface area (TPSA) is 72.8 Å². The molecule has 6 heteroatoms. The average Bonchev–Trinajstić information content (AvgIpc) is 2.36. The fourth-order valence-corrected chi connectivity index (χ4v) is 2.23. The summed E-state index contributed by atoms with van der Waals surface area (Å²) in [5, 5.41) is 8.94. The predicted molar refractivity (Wildman–Crippen MR) is 74.9 cm³/mol. The zero-order valence-electron chi connectivity index (χ0n) is 11.6. The maximum absolute atomic E-state index is 12.2. The van der Waals surface area contributed by atoms with Crippen molar-refractivity contribution in [1.29, 1.82) is 0 Å². The number of aliphatic carboxylic acids is 1. The van der Waals surface area contributed by atoms with Crippen molar-refractivity contribution in [3.63, 3.8) is 0 Å². The average molecular weight is 301 g/mol. The van der Waals surface area contributed by atoms with Crippen LogP contribution in [0.2, 0.25) is 5.02 Å². The molecule has 0 bridgehead atoms. The Kier molecular flexibility index (Phi) is 5.82. The number of hydrogen-bond donors (Lipinski definition) is 1. The van der Waals surface area contributed by atoms with Gasteiger partial charge in [0.2, 0.25) is 0 Å². The highest BCUT2D eigenvalue weighted by Crippen LogP contribution is 2.37. The van der Waals surface area contributed by atoms with E-state index in [-0.39, 0.29) is 35.3 Å². The van der Waals surface area contributed by atoms with Crippen LogP contribution in [0.4, 0.5) is 0 Å². The summed E-state index contributed by atoms with van der Waals surface area (Å²) >= 11 is 6.08. The maximum atomic E-state index is 12.2. The molecule has 5 nitrogen and oxygen atoms in total. The van der Waals surface area contributed by atoms with Crippen molar-refractivity contribution in [2.75, 3.05) is 14.2 Å². The number of Topliss-reactive ketones (excluding diaryl/α,β-unsaturated/α-hetero) is 1. The SMILES string of the molecule is COc1ccc(C(=O)CC(C)CC(=O)O)c(OC)c1Cl. The van der Waals surface area contributed by atoms with E-state index < -0.39 is 5.97 Å². The number of carbonyl (C=O) groups excluding carboxylic acids is 1. The van der Waals surface area contributed by atoms with Crippen LogP contribution < -0.4 is 9.47 Å². The highest BCUT2D eigenvalue weighted by Gasteiger charge is 2.21. The number of carbonyl (C=O) groups is 2. The Hall–Kier alpha value is -1.75. The monoisotopic (exact) mass is 300 g/mol. The van der Waals surface area contributed by atoms with E-state index in [2.05, 4.69) is 0 Å². The maximum Gasteiger partial charge on any atom is 0.303 e. The fraction of sp³-hybridized carbons (Fsp3) is 0.429. The van der Waals surface area contributed by atoms with Gasteiger partial charge in [-0.3, -0.25) is 9.59 Å². The Morgan fingerprint density at radius 3 is 2.40 bits per heavy atom. The van der Waals surface area contributed by atoms with Gasteiger partial charge in [0.15, 0.2) is 11.5 Å². The van der Waals surface area contributed by atoms with Crippen LogP contribution in [0.5, 0.6) is 11.5 Å². The first-order valence-corrected chi connectivity index (χ1v) is 6.44.